The largest absolute Gasteiger partial charge is 0.433 e. The Morgan fingerprint density at radius 2 is 2.22 bits per heavy atom. The first kappa shape index (κ1) is 13.1. The van der Waals surface area contributed by atoms with Crippen LogP contribution in [0.1, 0.15) is 13.3 Å². The first-order valence-corrected chi connectivity index (χ1v) is 6.23. The number of halogens is 2. The molecule has 0 amide bonds. The van der Waals surface area contributed by atoms with E-state index in [2.05, 4.69) is 21.9 Å². The number of alkyl halides is 2. The van der Waals surface area contributed by atoms with Gasteiger partial charge in [-0.1, -0.05) is 19.1 Å². The number of benzene rings is 1. The number of nitrogens with zero attached hydrogens (tertiary/aromatic N) is 1. The van der Waals surface area contributed by atoms with E-state index in [1.54, 1.807) is 12.1 Å². The van der Waals surface area contributed by atoms with Crippen LogP contribution in [-0.2, 0) is 0 Å². The molecule has 5 heteroatoms. The molecule has 18 heavy (non-hydrogen) atoms. The number of hydrogen-bond donors (Lipinski definition) is 1. The number of hydrogen-bond acceptors (Lipinski definition) is 3. The van der Waals surface area contributed by atoms with Gasteiger partial charge in [0.05, 0.1) is 5.69 Å². The van der Waals surface area contributed by atoms with Crippen LogP contribution in [0, 0.1) is 0 Å². The number of anilines is 1. The summed E-state index contributed by atoms with van der Waals surface area (Å²) in [6.45, 7) is 1.90. The van der Waals surface area contributed by atoms with Crippen molar-refractivity contribution in [1.29, 1.82) is 0 Å². The number of likely N-dealkylation sites (N-methyl/N-ethyl adjacent to an activating group) is 1. The molecule has 0 saturated carbocycles. The zero-order chi connectivity index (χ0) is 13.0. The van der Waals surface area contributed by atoms with Crippen LogP contribution < -0.4 is 15.0 Å². The average molecular weight is 256 g/mol. The van der Waals surface area contributed by atoms with Gasteiger partial charge in [-0.05, 0) is 25.1 Å². The van der Waals surface area contributed by atoms with E-state index in [0.717, 1.165) is 31.7 Å². The summed E-state index contributed by atoms with van der Waals surface area (Å²) in [5.74, 6) is 0.254. The van der Waals surface area contributed by atoms with Crippen LogP contribution in [0.4, 0.5) is 14.5 Å². The smallest absolute Gasteiger partial charge is 0.387 e. The van der Waals surface area contributed by atoms with Crippen LogP contribution >= 0.6 is 0 Å². The summed E-state index contributed by atoms with van der Waals surface area (Å²) in [6.07, 6.45) is 1.02. The van der Waals surface area contributed by atoms with Gasteiger partial charge in [0.15, 0.2) is 0 Å². The van der Waals surface area contributed by atoms with Crippen LogP contribution in [0.5, 0.6) is 5.75 Å². The van der Waals surface area contributed by atoms with Gasteiger partial charge in [-0.15, -0.1) is 0 Å². The van der Waals surface area contributed by atoms with Gasteiger partial charge in [0.2, 0.25) is 0 Å². The molecule has 2 rings (SSSR count). The second kappa shape index (κ2) is 6.00. The summed E-state index contributed by atoms with van der Waals surface area (Å²) in [4.78, 5) is 2.09. The van der Waals surface area contributed by atoms with Gasteiger partial charge < -0.3 is 15.0 Å². The SMILES string of the molecule is CCNC1CCN(c2ccccc2OC(F)F)C1. The zero-order valence-electron chi connectivity index (χ0n) is 10.4. The van der Waals surface area contributed by atoms with E-state index in [9.17, 15) is 8.78 Å². The molecular weight excluding hydrogens is 238 g/mol. The van der Waals surface area contributed by atoms with Gasteiger partial charge in [-0.3, -0.25) is 0 Å². The highest BCUT2D eigenvalue weighted by Crippen LogP contribution is 2.31. The third-order valence-electron chi connectivity index (χ3n) is 3.10. The highest BCUT2D eigenvalue weighted by Gasteiger charge is 2.24. The Balaban J connectivity index is 2.09. The van der Waals surface area contributed by atoms with Crippen molar-refractivity contribution in [3.63, 3.8) is 0 Å². The van der Waals surface area contributed by atoms with Crippen molar-refractivity contribution in [2.75, 3.05) is 24.5 Å². The molecule has 1 aromatic rings. The summed E-state index contributed by atoms with van der Waals surface area (Å²) in [5.41, 5.74) is 0.748. The fraction of sp³-hybridized carbons (Fsp3) is 0.538. The zero-order valence-corrected chi connectivity index (χ0v) is 10.4. The van der Waals surface area contributed by atoms with Crippen LogP contribution in [-0.4, -0.2) is 32.3 Å². The van der Waals surface area contributed by atoms with Crippen molar-refractivity contribution in [2.45, 2.75) is 26.0 Å². The third-order valence-corrected chi connectivity index (χ3v) is 3.10. The molecule has 100 valence electrons. The molecule has 0 spiro atoms. The van der Waals surface area contributed by atoms with Gasteiger partial charge >= 0.3 is 6.61 Å². The van der Waals surface area contributed by atoms with Gasteiger partial charge in [0.1, 0.15) is 5.75 Å². The van der Waals surface area contributed by atoms with Crippen LogP contribution in [0.15, 0.2) is 24.3 Å². The van der Waals surface area contributed by atoms with Crippen LogP contribution in [0.25, 0.3) is 0 Å². The molecule has 1 aliphatic rings. The summed E-state index contributed by atoms with van der Waals surface area (Å²) < 4.78 is 29.2. The lowest BCUT2D eigenvalue weighted by Crippen LogP contribution is -2.32. The second-order valence-corrected chi connectivity index (χ2v) is 4.34. The van der Waals surface area contributed by atoms with Crippen LogP contribution in [0.3, 0.4) is 0 Å². The summed E-state index contributed by atoms with van der Waals surface area (Å²) >= 11 is 0. The summed E-state index contributed by atoms with van der Waals surface area (Å²) in [7, 11) is 0. The molecule has 0 aliphatic carbocycles. The minimum absolute atomic E-state index is 0.254. The fourth-order valence-electron chi connectivity index (χ4n) is 2.35. The molecule has 1 fully saturated rings. The molecule has 1 aliphatic heterocycles. The van der Waals surface area contributed by atoms with Crippen molar-refractivity contribution in [3.05, 3.63) is 24.3 Å². The normalized spacial score (nSPS) is 19.6. The topological polar surface area (TPSA) is 24.5 Å². The Kier molecular flexibility index (Phi) is 4.36. The Hall–Kier alpha value is -1.36. The summed E-state index contributed by atoms with van der Waals surface area (Å²) in [6, 6.07) is 7.39. The summed E-state index contributed by atoms with van der Waals surface area (Å²) in [5, 5.41) is 3.37. The Bertz CT molecular complexity index is 387. The second-order valence-electron chi connectivity index (χ2n) is 4.34. The molecule has 1 N–H and O–H groups in total. The van der Waals surface area contributed by atoms with Crippen molar-refractivity contribution in [3.8, 4) is 5.75 Å². The van der Waals surface area contributed by atoms with Gasteiger partial charge in [0, 0.05) is 19.1 Å². The quantitative estimate of drug-likeness (QED) is 0.876. The Labute approximate surface area is 106 Å². The Morgan fingerprint density at radius 1 is 1.44 bits per heavy atom. The number of para-hydroxylation sites is 2. The van der Waals surface area contributed by atoms with Gasteiger partial charge in [0.25, 0.3) is 0 Å². The van der Waals surface area contributed by atoms with Crippen molar-refractivity contribution >= 4 is 5.69 Å². The lowest BCUT2D eigenvalue weighted by molar-refractivity contribution is -0.0495. The van der Waals surface area contributed by atoms with Crippen molar-refractivity contribution < 1.29 is 13.5 Å². The number of ether oxygens (including phenoxy) is 1. The van der Waals surface area contributed by atoms with E-state index < -0.39 is 6.61 Å². The Morgan fingerprint density at radius 3 is 2.94 bits per heavy atom. The monoisotopic (exact) mass is 256 g/mol. The van der Waals surface area contributed by atoms with Gasteiger partial charge in [-0.2, -0.15) is 8.78 Å². The molecule has 1 aromatic carbocycles. The average Bonchev–Trinajstić information content (AvgIpc) is 2.78. The predicted octanol–water partition coefficient (Wildman–Crippen LogP) is 2.48. The lowest BCUT2D eigenvalue weighted by Gasteiger charge is -2.21. The molecule has 1 unspecified atom stereocenters. The first-order valence-electron chi connectivity index (χ1n) is 6.23. The highest BCUT2D eigenvalue weighted by molar-refractivity contribution is 5.59. The van der Waals surface area contributed by atoms with E-state index in [1.807, 2.05) is 12.1 Å². The van der Waals surface area contributed by atoms with E-state index in [0.29, 0.717) is 6.04 Å². The maximum absolute atomic E-state index is 12.3. The third kappa shape index (κ3) is 3.10. The predicted molar refractivity (Wildman–Crippen MR) is 67.4 cm³/mol. The minimum atomic E-state index is -2.78. The van der Waals surface area contributed by atoms with E-state index in [1.165, 1.54) is 0 Å². The van der Waals surface area contributed by atoms with Crippen molar-refractivity contribution in [1.82, 2.24) is 5.32 Å². The van der Waals surface area contributed by atoms with E-state index in [4.69, 9.17) is 0 Å². The first-order chi connectivity index (χ1) is 8.70. The molecule has 0 bridgehead atoms. The maximum atomic E-state index is 12.3. The molecule has 0 aromatic heterocycles. The van der Waals surface area contributed by atoms with Crippen LogP contribution in [0.2, 0.25) is 0 Å². The standard InChI is InChI=1S/C13H18F2N2O/c1-2-16-10-7-8-17(9-10)11-5-3-4-6-12(11)18-13(14)15/h3-6,10,13,16H,2,7-9H2,1H3. The molecule has 1 atom stereocenters. The fourth-order valence-corrected chi connectivity index (χ4v) is 2.35. The molecule has 1 heterocycles. The van der Waals surface area contributed by atoms with Crippen molar-refractivity contribution in [2.24, 2.45) is 0 Å². The molecule has 1 saturated heterocycles. The highest BCUT2D eigenvalue weighted by atomic mass is 19.3. The van der Waals surface area contributed by atoms with E-state index in [-0.39, 0.29) is 5.75 Å². The lowest BCUT2D eigenvalue weighted by atomic mass is 10.2. The minimum Gasteiger partial charge on any atom is -0.433 e. The molecule has 3 nitrogen and oxygen atoms in total. The molecule has 0 radical (unpaired) electrons. The van der Waals surface area contributed by atoms with Gasteiger partial charge in [-0.25, -0.2) is 0 Å². The van der Waals surface area contributed by atoms with E-state index >= 15 is 0 Å². The molecular formula is C13H18F2N2O. The maximum Gasteiger partial charge on any atom is 0.387 e. The number of nitrogens with one attached hydrogen (secondary N) is 1. The number of rotatable bonds is 5.